The molecule has 0 aromatic carbocycles. The average Bonchev–Trinajstić information content (AvgIpc) is 2.92. The van der Waals surface area contributed by atoms with Crippen LogP contribution in [0.1, 0.15) is 32.6 Å². The molecular weight excluding hydrogens is 266 g/mol. The molecule has 0 spiro atoms. The Bertz CT molecular complexity index is 335. The summed E-state index contributed by atoms with van der Waals surface area (Å²) in [4.78, 5) is 27.4. The smallest absolute Gasteiger partial charge is 0.322 e. The highest BCUT2D eigenvalue weighted by Crippen LogP contribution is 2.24. The highest BCUT2D eigenvalue weighted by atomic mass is 35.5. The fourth-order valence-electron chi connectivity index (χ4n) is 2.84. The lowest BCUT2D eigenvalue weighted by Crippen LogP contribution is -2.55. The number of amides is 3. The first-order valence-corrected chi connectivity index (χ1v) is 7.49. The van der Waals surface area contributed by atoms with E-state index in [4.69, 9.17) is 11.6 Å². The number of nitrogens with zero attached hydrogens (tertiary/aromatic N) is 2. The summed E-state index contributed by atoms with van der Waals surface area (Å²) in [7, 11) is 0. The van der Waals surface area contributed by atoms with Gasteiger partial charge in [-0.3, -0.25) is 15.0 Å². The van der Waals surface area contributed by atoms with Crippen LogP contribution >= 0.6 is 11.6 Å². The largest absolute Gasteiger partial charge is 0.324 e. The molecule has 1 N–H and O–H groups in total. The minimum absolute atomic E-state index is 0.316. The van der Waals surface area contributed by atoms with E-state index in [1.807, 2.05) is 0 Å². The van der Waals surface area contributed by atoms with Crippen LogP contribution in [0, 0.1) is 0 Å². The van der Waals surface area contributed by atoms with Gasteiger partial charge in [0, 0.05) is 32.2 Å². The Balaban J connectivity index is 1.76. The van der Waals surface area contributed by atoms with Crippen LogP contribution in [-0.4, -0.2) is 59.3 Å². The van der Waals surface area contributed by atoms with E-state index >= 15 is 0 Å². The molecule has 1 saturated carbocycles. The number of piperazine rings is 1. The molecule has 0 aromatic heterocycles. The van der Waals surface area contributed by atoms with Gasteiger partial charge >= 0.3 is 6.03 Å². The molecule has 19 heavy (non-hydrogen) atoms. The molecule has 6 heteroatoms. The van der Waals surface area contributed by atoms with Gasteiger partial charge in [-0.15, -0.1) is 11.6 Å². The van der Waals surface area contributed by atoms with E-state index in [0.29, 0.717) is 19.1 Å². The molecule has 1 aliphatic heterocycles. The van der Waals surface area contributed by atoms with Crippen LogP contribution in [0.2, 0.25) is 0 Å². The van der Waals surface area contributed by atoms with Gasteiger partial charge in [-0.1, -0.05) is 12.8 Å². The van der Waals surface area contributed by atoms with Gasteiger partial charge in [0.25, 0.3) is 0 Å². The van der Waals surface area contributed by atoms with E-state index < -0.39 is 11.3 Å². The SMILES string of the molecule is CC(Cl)C(=O)NC(=O)N1CCN(C2CCCC2)CC1. The number of hydrogen-bond acceptors (Lipinski definition) is 3. The molecule has 0 bridgehead atoms. The molecule has 2 rings (SSSR count). The maximum absolute atomic E-state index is 11.9. The molecule has 2 fully saturated rings. The van der Waals surface area contributed by atoms with Crippen molar-refractivity contribution in [1.29, 1.82) is 0 Å². The Morgan fingerprint density at radius 1 is 1.16 bits per heavy atom. The second-order valence-corrected chi connectivity index (χ2v) is 6.03. The molecule has 5 nitrogen and oxygen atoms in total. The van der Waals surface area contributed by atoms with Gasteiger partial charge in [0.2, 0.25) is 5.91 Å². The van der Waals surface area contributed by atoms with Crippen LogP contribution in [0.4, 0.5) is 4.79 Å². The zero-order valence-electron chi connectivity index (χ0n) is 11.4. The lowest BCUT2D eigenvalue weighted by atomic mass is 10.2. The summed E-state index contributed by atoms with van der Waals surface area (Å²) >= 11 is 5.63. The minimum atomic E-state index is -0.677. The normalized spacial score (nSPS) is 23.4. The first-order chi connectivity index (χ1) is 9.08. The molecule has 0 radical (unpaired) electrons. The molecule has 1 heterocycles. The Hall–Kier alpha value is -0.810. The van der Waals surface area contributed by atoms with Crippen molar-refractivity contribution in [1.82, 2.24) is 15.1 Å². The van der Waals surface area contributed by atoms with Crippen LogP contribution in [0.15, 0.2) is 0 Å². The molecule has 3 amide bonds. The van der Waals surface area contributed by atoms with E-state index in [1.165, 1.54) is 25.7 Å². The van der Waals surface area contributed by atoms with Gasteiger partial charge in [-0.25, -0.2) is 4.79 Å². The van der Waals surface area contributed by atoms with Crippen LogP contribution in [-0.2, 0) is 4.79 Å². The molecule has 0 aromatic rings. The van der Waals surface area contributed by atoms with E-state index in [9.17, 15) is 9.59 Å². The fourth-order valence-corrected chi connectivity index (χ4v) is 2.90. The van der Waals surface area contributed by atoms with E-state index in [2.05, 4.69) is 10.2 Å². The summed E-state index contributed by atoms with van der Waals surface area (Å²) in [5, 5.41) is 1.65. The Morgan fingerprint density at radius 2 is 1.74 bits per heavy atom. The Kier molecular flexibility index (Phi) is 5.05. The number of alkyl halides is 1. The zero-order chi connectivity index (χ0) is 13.8. The molecule has 1 unspecified atom stereocenters. The maximum Gasteiger partial charge on any atom is 0.324 e. The molecule has 108 valence electrons. The second-order valence-electron chi connectivity index (χ2n) is 5.37. The number of carbonyl (C=O) groups is 2. The third kappa shape index (κ3) is 3.83. The number of nitrogens with one attached hydrogen (secondary N) is 1. The standard InChI is InChI=1S/C13H22ClN3O2/c1-10(14)12(18)15-13(19)17-8-6-16(7-9-17)11-4-2-3-5-11/h10-11H,2-9H2,1H3,(H,15,18,19). The zero-order valence-corrected chi connectivity index (χ0v) is 12.2. The van der Waals surface area contributed by atoms with Crippen molar-refractivity contribution in [2.24, 2.45) is 0 Å². The van der Waals surface area contributed by atoms with Gasteiger partial charge in [-0.2, -0.15) is 0 Å². The average molecular weight is 288 g/mol. The van der Waals surface area contributed by atoms with Gasteiger partial charge in [-0.05, 0) is 19.8 Å². The molecule has 1 atom stereocenters. The highest BCUT2D eigenvalue weighted by molar-refractivity contribution is 6.31. The summed E-state index contributed by atoms with van der Waals surface area (Å²) in [6.07, 6.45) is 5.23. The quantitative estimate of drug-likeness (QED) is 0.782. The number of hydrogen-bond donors (Lipinski definition) is 1. The van der Waals surface area contributed by atoms with Crippen molar-refractivity contribution in [3.8, 4) is 0 Å². The predicted octanol–water partition coefficient (Wildman–Crippen LogP) is 1.41. The van der Waals surface area contributed by atoms with Crippen molar-refractivity contribution in [2.75, 3.05) is 26.2 Å². The van der Waals surface area contributed by atoms with E-state index in [0.717, 1.165) is 13.1 Å². The summed E-state index contributed by atoms with van der Waals surface area (Å²) in [6.45, 7) is 4.74. The number of urea groups is 1. The third-order valence-corrected chi connectivity index (χ3v) is 4.23. The third-order valence-electron chi connectivity index (χ3n) is 4.03. The number of imide groups is 1. The van der Waals surface area contributed by atoms with E-state index in [-0.39, 0.29) is 6.03 Å². The molecule has 2 aliphatic rings. The lowest BCUT2D eigenvalue weighted by molar-refractivity contribution is -0.119. The summed E-state index contributed by atoms with van der Waals surface area (Å²) in [5.41, 5.74) is 0. The van der Waals surface area contributed by atoms with Crippen molar-refractivity contribution in [2.45, 2.75) is 44.0 Å². The Labute approximate surface area is 119 Å². The van der Waals surface area contributed by atoms with Crippen molar-refractivity contribution in [3.05, 3.63) is 0 Å². The number of rotatable bonds is 2. The summed E-state index contributed by atoms with van der Waals surface area (Å²) in [6, 6.07) is 0.387. The van der Waals surface area contributed by atoms with Crippen LogP contribution < -0.4 is 5.32 Å². The summed E-state index contributed by atoms with van der Waals surface area (Å²) < 4.78 is 0. The van der Waals surface area contributed by atoms with Crippen molar-refractivity contribution < 1.29 is 9.59 Å². The lowest BCUT2D eigenvalue weighted by Gasteiger charge is -2.37. The highest BCUT2D eigenvalue weighted by Gasteiger charge is 2.28. The predicted molar refractivity (Wildman–Crippen MR) is 74.3 cm³/mol. The van der Waals surface area contributed by atoms with Gasteiger partial charge in [0.05, 0.1) is 0 Å². The van der Waals surface area contributed by atoms with Crippen LogP contribution in [0.5, 0.6) is 0 Å². The second kappa shape index (κ2) is 6.57. The summed E-state index contributed by atoms with van der Waals surface area (Å²) in [5.74, 6) is -0.426. The first-order valence-electron chi connectivity index (χ1n) is 7.06. The van der Waals surface area contributed by atoms with Gasteiger partial charge < -0.3 is 4.90 Å². The molecule has 1 aliphatic carbocycles. The molecule has 1 saturated heterocycles. The van der Waals surface area contributed by atoms with Crippen molar-refractivity contribution >= 4 is 23.5 Å². The number of halogens is 1. The van der Waals surface area contributed by atoms with Crippen LogP contribution in [0.3, 0.4) is 0 Å². The first kappa shape index (κ1) is 14.6. The molecular formula is C13H22ClN3O2. The van der Waals surface area contributed by atoms with Crippen LogP contribution in [0.25, 0.3) is 0 Å². The van der Waals surface area contributed by atoms with Gasteiger partial charge in [0.15, 0.2) is 0 Å². The van der Waals surface area contributed by atoms with Crippen molar-refractivity contribution in [3.63, 3.8) is 0 Å². The topological polar surface area (TPSA) is 52.7 Å². The van der Waals surface area contributed by atoms with E-state index in [1.54, 1.807) is 11.8 Å². The maximum atomic E-state index is 11.9. The Morgan fingerprint density at radius 3 is 2.26 bits per heavy atom. The monoisotopic (exact) mass is 287 g/mol. The minimum Gasteiger partial charge on any atom is -0.322 e. The fraction of sp³-hybridized carbons (Fsp3) is 0.846. The number of carbonyl (C=O) groups excluding carboxylic acids is 2. The van der Waals surface area contributed by atoms with Gasteiger partial charge in [0.1, 0.15) is 5.38 Å².